The van der Waals surface area contributed by atoms with Gasteiger partial charge < -0.3 is 15.1 Å². The summed E-state index contributed by atoms with van der Waals surface area (Å²) in [6.45, 7) is -0.357. The van der Waals surface area contributed by atoms with E-state index in [4.69, 9.17) is 4.42 Å². The SMILES string of the molecule is O=C(NC[C@@H](c1ccco1)S(=O)(=O)c1ccc(F)cc1)C(=O)NC1CCCCC1. The van der Waals surface area contributed by atoms with Gasteiger partial charge in [0, 0.05) is 12.6 Å². The van der Waals surface area contributed by atoms with Crippen LogP contribution in [0.15, 0.2) is 52.0 Å². The summed E-state index contributed by atoms with van der Waals surface area (Å²) in [5.41, 5.74) is 0. The molecule has 0 saturated heterocycles. The normalized spacial score (nSPS) is 16.2. The molecule has 1 atom stereocenters. The van der Waals surface area contributed by atoms with Gasteiger partial charge in [-0.2, -0.15) is 0 Å². The van der Waals surface area contributed by atoms with Crippen LogP contribution in [0.4, 0.5) is 4.39 Å². The molecule has 1 aliphatic carbocycles. The summed E-state index contributed by atoms with van der Waals surface area (Å²) >= 11 is 0. The van der Waals surface area contributed by atoms with Crippen molar-refractivity contribution in [1.82, 2.24) is 10.6 Å². The number of carbonyl (C=O) groups excluding carboxylic acids is 2. The van der Waals surface area contributed by atoms with Gasteiger partial charge in [0.2, 0.25) is 0 Å². The summed E-state index contributed by atoms with van der Waals surface area (Å²) < 4.78 is 44.4. The van der Waals surface area contributed by atoms with Crippen molar-refractivity contribution >= 4 is 21.7 Å². The molecule has 7 nitrogen and oxygen atoms in total. The van der Waals surface area contributed by atoms with E-state index in [-0.39, 0.29) is 23.2 Å². The van der Waals surface area contributed by atoms with Crippen LogP contribution in [-0.4, -0.2) is 32.8 Å². The molecule has 2 N–H and O–H groups in total. The molecule has 2 amide bonds. The van der Waals surface area contributed by atoms with Crippen molar-refractivity contribution in [3.05, 3.63) is 54.2 Å². The fraction of sp³-hybridized carbons (Fsp3) is 0.400. The van der Waals surface area contributed by atoms with E-state index in [0.29, 0.717) is 0 Å². The van der Waals surface area contributed by atoms with Crippen LogP contribution in [0, 0.1) is 5.82 Å². The van der Waals surface area contributed by atoms with Gasteiger partial charge in [0.1, 0.15) is 16.8 Å². The zero-order chi connectivity index (χ0) is 20.9. The van der Waals surface area contributed by atoms with Crippen molar-refractivity contribution in [3.63, 3.8) is 0 Å². The Kier molecular flexibility index (Phi) is 6.68. The molecule has 0 unspecified atom stereocenters. The van der Waals surface area contributed by atoms with E-state index in [1.54, 1.807) is 0 Å². The summed E-state index contributed by atoms with van der Waals surface area (Å²) in [4.78, 5) is 24.2. The smallest absolute Gasteiger partial charge is 0.309 e. The van der Waals surface area contributed by atoms with E-state index >= 15 is 0 Å². The molecule has 9 heteroatoms. The minimum Gasteiger partial charge on any atom is -0.468 e. The monoisotopic (exact) mass is 422 g/mol. The molecule has 3 rings (SSSR count). The zero-order valence-electron chi connectivity index (χ0n) is 15.8. The van der Waals surface area contributed by atoms with Gasteiger partial charge in [-0.15, -0.1) is 0 Å². The highest BCUT2D eigenvalue weighted by Crippen LogP contribution is 2.29. The number of rotatable bonds is 6. The maximum absolute atomic E-state index is 13.2. The van der Waals surface area contributed by atoms with Crippen LogP contribution in [0.25, 0.3) is 0 Å². The third kappa shape index (κ3) is 5.23. The molecular weight excluding hydrogens is 399 g/mol. The van der Waals surface area contributed by atoms with Gasteiger partial charge in [0.05, 0.1) is 11.2 Å². The Hall–Kier alpha value is -2.68. The molecule has 2 aromatic rings. The molecule has 0 spiro atoms. The lowest BCUT2D eigenvalue weighted by molar-refractivity contribution is -0.139. The lowest BCUT2D eigenvalue weighted by Crippen LogP contribution is -2.46. The molecule has 29 heavy (non-hydrogen) atoms. The molecule has 1 aromatic carbocycles. The number of sulfone groups is 1. The van der Waals surface area contributed by atoms with E-state index in [2.05, 4.69) is 10.6 Å². The molecule has 1 heterocycles. The lowest BCUT2D eigenvalue weighted by atomic mass is 9.95. The lowest BCUT2D eigenvalue weighted by Gasteiger charge is -2.22. The van der Waals surface area contributed by atoms with Crippen LogP contribution in [0.2, 0.25) is 0 Å². The molecular formula is C20H23FN2O5S. The number of furan rings is 1. The third-order valence-corrected chi connectivity index (χ3v) is 7.05. The van der Waals surface area contributed by atoms with Gasteiger partial charge >= 0.3 is 11.8 Å². The quantitative estimate of drug-likeness (QED) is 0.550. The highest BCUT2D eigenvalue weighted by molar-refractivity contribution is 7.91. The van der Waals surface area contributed by atoms with Crippen LogP contribution in [0.5, 0.6) is 0 Å². The number of halogens is 1. The molecule has 0 aliphatic heterocycles. The third-order valence-electron chi connectivity index (χ3n) is 4.97. The molecule has 1 fully saturated rings. The van der Waals surface area contributed by atoms with E-state index in [0.717, 1.165) is 56.4 Å². The van der Waals surface area contributed by atoms with Crippen molar-refractivity contribution in [3.8, 4) is 0 Å². The first-order valence-corrected chi connectivity index (χ1v) is 11.0. The van der Waals surface area contributed by atoms with Crippen LogP contribution in [0.1, 0.15) is 43.1 Å². The Morgan fingerprint density at radius 1 is 1.07 bits per heavy atom. The fourth-order valence-electron chi connectivity index (χ4n) is 3.39. The fourth-order valence-corrected chi connectivity index (χ4v) is 4.98. The second kappa shape index (κ2) is 9.21. The second-order valence-corrected chi connectivity index (χ2v) is 9.15. The average Bonchev–Trinajstić information content (AvgIpc) is 3.23. The number of hydrogen-bond donors (Lipinski definition) is 2. The van der Waals surface area contributed by atoms with Crippen molar-refractivity contribution in [2.75, 3.05) is 6.54 Å². The molecule has 0 bridgehead atoms. The van der Waals surface area contributed by atoms with Crippen molar-refractivity contribution in [2.24, 2.45) is 0 Å². The Balaban J connectivity index is 1.70. The molecule has 1 saturated carbocycles. The minimum atomic E-state index is -4.00. The highest BCUT2D eigenvalue weighted by atomic mass is 32.2. The first-order valence-electron chi connectivity index (χ1n) is 9.49. The molecule has 1 aliphatic rings. The number of amides is 2. The largest absolute Gasteiger partial charge is 0.468 e. The summed E-state index contributed by atoms with van der Waals surface area (Å²) in [6.07, 6.45) is 6.09. The summed E-state index contributed by atoms with van der Waals surface area (Å²) in [5, 5.41) is 3.82. The predicted molar refractivity (Wildman–Crippen MR) is 103 cm³/mol. The topological polar surface area (TPSA) is 105 Å². The van der Waals surface area contributed by atoms with Crippen LogP contribution >= 0.6 is 0 Å². The van der Waals surface area contributed by atoms with E-state index < -0.39 is 32.7 Å². The molecule has 1 aromatic heterocycles. The first kappa shape index (κ1) is 21.0. The summed E-state index contributed by atoms with van der Waals surface area (Å²) in [5.74, 6) is -2.13. The first-order chi connectivity index (χ1) is 13.9. The van der Waals surface area contributed by atoms with Crippen molar-refractivity contribution in [1.29, 1.82) is 0 Å². The van der Waals surface area contributed by atoms with Crippen LogP contribution in [-0.2, 0) is 19.4 Å². The number of carbonyl (C=O) groups is 2. The zero-order valence-corrected chi connectivity index (χ0v) is 16.6. The summed E-state index contributed by atoms with van der Waals surface area (Å²) in [6, 6.07) is 7.35. The Morgan fingerprint density at radius 3 is 2.38 bits per heavy atom. The van der Waals surface area contributed by atoms with Gasteiger partial charge in [-0.3, -0.25) is 9.59 Å². The van der Waals surface area contributed by atoms with Gasteiger partial charge in [-0.1, -0.05) is 19.3 Å². The molecule has 0 radical (unpaired) electrons. The van der Waals surface area contributed by atoms with Gasteiger partial charge in [-0.05, 0) is 49.2 Å². The minimum absolute atomic E-state index is 0.0363. The Bertz CT molecular complexity index is 936. The van der Waals surface area contributed by atoms with E-state index in [1.165, 1.54) is 18.4 Å². The number of nitrogens with one attached hydrogen (secondary N) is 2. The molecule has 156 valence electrons. The Morgan fingerprint density at radius 2 is 1.76 bits per heavy atom. The standard InChI is InChI=1S/C20H23FN2O5S/c21-14-8-10-16(11-9-14)29(26,27)18(17-7-4-12-28-17)13-22-19(24)20(25)23-15-5-2-1-3-6-15/h4,7-12,15,18H,1-3,5-6,13H2,(H,22,24)(H,23,25)/t18-/m0/s1. The number of benzene rings is 1. The van der Waals surface area contributed by atoms with Crippen LogP contribution in [0.3, 0.4) is 0 Å². The average molecular weight is 422 g/mol. The van der Waals surface area contributed by atoms with Gasteiger partial charge in [0.25, 0.3) is 0 Å². The maximum atomic E-state index is 13.2. The van der Waals surface area contributed by atoms with Gasteiger partial charge in [-0.25, -0.2) is 12.8 Å². The van der Waals surface area contributed by atoms with E-state index in [9.17, 15) is 22.4 Å². The van der Waals surface area contributed by atoms with Crippen molar-refractivity contribution < 1.29 is 26.8 Å². The van der Waals surface area contributed by atoms with Crippen molar-refractivity contribution in [2.45, 2.75) is 48.3 Å². The second-order valence-electron chi connectivity index (χ2n) is 7.02. The summed E-state index contributed by atoms with van der Waals surface area (Å²) in [7, 11) is -4.00. The maximum Gasteiger partial charge on any atom is 0.309 e. The Labute approximate surface area is 168 Å². The highest BCUT2D eigenvalue weighted by Gasteiger charge is 2.32. The van der Waals surface area contributed by atoms with Crippen LogP contribution < -0.4 is 10.6 Å². The predicted octanol–water partition coefficient (Wildman–Crippen LogP) is 2.50. The van der Waals surface area contributed by atoms with E-state index in [1.807, 2.05) is 0 Å². The number of hydrogen-bond acceptors (Lipinski definition) is 5. The van der Waals surface area contributed by atoms with Gasteiger partial charge in [0.15, 0.2) is 9.84 Å².